The Balaban J connectivity index is 1.39. The minimum absolute atomic E-state index is 0.0102. The first-order valence-electron chi connectivity index (χ1n) is 12.9. The second-order valence-corrected chi connectivity index (χ2v) is 10.4. The van der Waals surface area contributed by atoms with Gasteiger partial charge in [0.05, 0.1) is 26.2 Å². The van der Waals surface area contributed by atoms with Crippen molar-refractivity contribution in [2.75, 3.05) is 43.4 Å². The van der Waals surface area contributed by atoms with E-state index in [2.05, 4.69) is 22.2 Å². The standard InChI is InChI=1S/C28H32F4N5/c1-37(13-3-2-4-14-37)22-9-11-36(12-10-22)28-34-18-24(23-8-7-21(30)16-26(23)32)27(35-28)33-17-19-5-6-20(29)15-25(19)31/h5-8,15-16,18,22H,2-4,9-14,17H2,1H3,(H,33,34,35)/q+1. The second kappa shape index (κ2) is 10.7. The van der Waals surface area contributed by atoms with Crippen LogP contribution in [0.1, 0.15) is 37.7 Å². The summed E-state index contributed by atoms with van der Waals surface area (Å²) < 4.78 is 56.9. The van der Waals surface area contributed by atoms with Crippen molar-refractivity contribution in [1.29, 1.82) is 0 Å². The van der Waals surface area contributed by atoms with Gasteiger partial charge in [0.25, 0.3) is 0 Å². The number of halogens is 4. The van der Waals surface area contributed by atoms with E-state index in [1.165, 1.54) is 62.8 Å². The lowest BCUT2D eigenvalue weighted by atomic mass is 9.97. The molecule has 196 valence electrons. The summed E-state index contributed by atoms with van der Waals surface area (Å²) in [6.45, 7) is 4.10. The molecule has 5 rings (SSSR count). The molecule has 0 radical (unpaired) electrons. The molecule has 2 aliphatic heterocycles. The van der Waals surface area contributed by atoms with Crippen molar-refractivity contribution < 1.29 is 22.0 Å². The quantitative estimate of drug-likeness (QED) is 0.328. The minimum atomic E-state index is -0.744. The monoisotopic (exact) mass is 514 g/mol. The van der Waals surface area contributed by atoms with E-state index in [0.29, 0.717) is 23.4 Å². The van der Waals surface area contributed by atoms with E-state index in [1.54, 1.807) is 0 Å². The fourth-order valence-corrected chi connectivity index (χ4v) is 5.70. The highest BCUT2D eigenvalue weighted by molar-refractivity contribution is 5.75. The molecule has 2 fully saturated rings. The van der Waals surface area contributed by atoms with E-state index in [4.69, 9.17) is 4.98 Å². The van der Waals surface area contributed by atoms with Gasteiger partial charge in [-0.3, -0.25) is 0 Å². The highest BCUT2D eigenvalue weighted by Crippen LogP contribution is 2.32. The van der Waals surface area contributed by atoms with E-state index in [0.717, 1.165) is 42.5 Å². The lowest BCUT2D eigenvalue weighted by molar-refractivity contribution is -0.938. The zero-order chi connectivity index (χ0) is 26.0. The maximum atomic E-state index is 14.7. The zero-order valence-corrected chi connectivity index (χ0v) is 21.0. The maximum Gasteiger partial charge on any atom is 0.227 e. The number of hydrogen-bond donors (Lipinski definition) is 1. The van der Waals surface area contributed by atoms with E-state index in [-0.39, 0.29) is 17.7 Å². The molecule has 37 heavy (non-hydrogen) atoms. The van der Waals surface area contributed by atoms with Crippen LogP contribution in [0, 0.1) is 23.3 Å². The Morgan fingerprint density at radius 1 is 0.892 bits per heavy atom. The largest absolute Gasteiger partial charge is 0.365 e. The number of hydrogen-bond acceptors (Lipinski definition) is 4. The van der Waals surface area contributed by atoms with E-state index in [1.807, 2.05) is 0 Å². The topological polar surface area (TPSA) is 41.1 Å². The Bertz CT molecular complexity index is 1250. The van der Waals surface area contributed by atoms with Gasteiger partial charge in [-0.25, -0.2) is 22.5 Å². The van der Waals surface area contributed by atoms with Crippen LogP contribution in [0.3, 0.4) is 0 Å². The summed E-state index contributed by atoms with van der Waals surface area (Å²) in [5.74, 6) is -1.97. The molecule has 0 atom stereocenters. The molecule has 3 heterocycles. The normalized spacial score (nSPS) is 18.1. The molecule has 0 amide bonds. The Labute approximate surface area is 214 Å². The maximum absolute atomic E-state index is 14.7. The first-order valence-corrected chi connectivity index (χ1v) is 12.9. The van der Waals surface area contributed by atoms with Gasteiger partial charge in [0.15, 0.2) is 0 Å². The molecule has 2 aliphatic rings. The predicted molar refractivity (Wildman–Crippen MR) is 136 cm³/mol. The summed E-state index contributed by atoms with van der Waals surface area (Å²) in [6.07, 6.45) is 7.48. The van der Waals surface area contributed by atoms with Crippen LogP contribution in [-0.2, 0) is 6.54 Å². The van der Waals surface area contributed by atoms with Gasteiger partial charge in [-0.1, -0.05) is 6.07 Å². The van der Waals surface area contributed by atoms with Crippen molar-refractivity contribution in [3.63, 3.8) is 0 Å². The highest BCUT2D eigenvalue weighted by Gasteiger charge is 2.37. The molecule has 9 heteroatoms. The molecule has 0 saturated carbocycles. The van der Waals surface area contributed by atoms with Crippen LogP contribution in [0.5, 0.6) is 0 Å². The summed E-state index contributed by atoms with van der Waals surface area (Å²) in [5, 5.41) is 3.07. The number of rotatable bonds is 6. The van der Waals surface area contributed by atoms with Gasteiger partial charge in [-0.05, 0) is 37.5 Å². The molecule has 1 N–H and O–H groups in total. The molecule has 3 aromatic rings. The van der Waals surface area contributed by atoms with Crippen molar-refractivity contribution in [1.82, 2.24) is 9.97 Å². The van der Waals surface area contributed by atoms with Crippen LogP contribution in [0.2, 0.25) is 0 Å². The summed E-state index contributed by atoms with van der Waals surface area (Å²) >= 11 is 0. The number of nitrogens with zero attached hydrogens (tertiary/aromatic N) is 4. The van der Waals surface area contributed by atoms with Gasteiger partial charge < -0.3 is 14.7 Å². The van der Waals surface area contributed by atoms with Gasteiger partial charge in [0.1, 0.15) is 29.1 Å². The molecular formula is C28H32F4N5+. The van der Waals surface area contributed by atoms with Crippen LogP contribution in [0.4, 0.5) is 29.3 Å². The van der Waals surface area contributed by atoms with E-state index in [9.17, 15) is 17.6 Å². The van der Waals surface area contributed by atoms with Gasteiger partial charge >= 0.3 is 0 Å². The molecule has 0 bridgehead atoms. The van der Waals surface area contributed by atoms with Gasteiger partial charge in [-0.2, -0.15) is 4.98 Å². The van der Waals surface area contributed by atoms with Crippen LogP contribution in [0.25, 0.3) is 11.1 Å². The minimum Gasteiger partial charge on any atom is -0.365 e. The fourth-order valence-electron chi connectivity index (χ4n) is 5.70. The van der Waals surface area contributed by atoms with Crippen LogP contribution in [-0.4, -0.2) is 53.7 Å². The van der Waals surface area contributed by atoms with Gasteiger partial charge in [0, 0.05) is 67.5 Å². The number of benzene rings is 2. The summed E-state index contributed by atoms with van der Waals surface area (Å²) in [7, 11) is 2.37. The predicted octanol–water partition coefficient (Wildman–Crippen LogP) is 5.91. The van der Waals surface area contributed by atoms with Crippen LogP contribution < -0.4 is 10.2 Å². The number of quaternary nitrogens is 1. The van der Waals surface area contributed by atoms with Gasteiger partial charge in [0.2, 0.25) is 5.95 Å². The first-order chi connectivity index (χ1) is 17.8. The molecule has 5 nitrogen and oxygen atoms in total. The summed E-state index contributed by atoms with van der Waals surface area (Å²) in [5.41, 5.74) is 0.715. The Kier molecular flexibility index (Phi) is 7.33. The van der Waals surface area contributed by atoms with Crippen molar-refractivity contribution >= 4 is 11.8 Å². The van der Waals surface area contributed by atoms with Crippen molar-refractivity contribution in [2.45, 2.75) is 44.7 Å². The van der Waals surface area contributed by atoms with E-state index >= 15 is 0 Å². The van der Waals surface area contributed by atoms with Crippen LogP contribution >= 0.6 is 0 Å². The second-order valence-electron chi connectivity index (χ2n) is 10.4. The molecule has 2 saturated heterocycles. The third kappa shape index (κ3) is 5.56. The number of piperidine rings is 2. The van der Waals surface area contributed by atoms with Gasteiger partial charge in [-0.15, -0.1) is 0 Å². The Morgan fingerprint density at radius 3 is 2.24 bits per heavy atom. The first kappa shape index (κ1) is 25.4. The van der Waals surface area contributed by atoms with Crippen molar-refractivity contribution in [3.05, 3.63) is 71.4 Å². The number of anilines is 2. The summed E-state index contributed by atoms with van der Waals surface area (Å²) in [6, 6.07) is 7.28. The van der Waals surface area contributed by atoms with E-state index < -0.39 is 23.3 Å². The third-order valence-corrected chi connectivity index (χ3v) is 7.93. The Morgan fingerprint density at radius 2 is 1.57 bits per heavy atom. The molecule has 0 spiro atoms. The lowest BCUT2D eigenvalue weighted by Crippen LogP contribution is -2.58. The number of nitrogens with one attached hydrogen (secondary N) is 1. The SMILES string of the molecule is C[N+]1(C2CCN(c3ncc(-c4ccc(F)cc4F)c(NCc4ccc(F)cc4F)n3)CC2)CCCCC1. The van der Waals surface area contributed by atoms with Crippen molar-refractivity contribution in [2.24, 2.45) is 0 Å². The highest BCUT2D eigenvalue weighted by atomic mass is 19.1. The van der Waals surface area contributed by atoms with Crippen molar-refractivity contribution in [3.8, 4) is 11.1 Å². The molecule has 2 aromatic carbocycles. The molecule has 0 unspecified atom stereocenters. The Hall–Kier alpha value is -3.20. The molecular weight excluding hydrogens is 482 g/mol. The number of aromatic nitrogens is 2. The van der Waals surface area contributed by atoms with Crippen LogP contribution in [0.15, 0.2) is 42.6 Å². The lowest BCUT2D eigenvalue weighted by Gasteiger charge is -2.47. The third-order valence-electron chi connectivity index (χ3n) is 7.93. The average Bonchev–Trinajstić information content (AvgIpc) is 2.89. The molecule has 0 aliphatic carbocycles. The zero-order valence-electron chi connectivity index (χ0n) is 21.0. The average molecular weight is 515 g/mol. The smallest absolute Gasteiger partial charge is 0.227 e. The molecule has 1 aromatic heterocycles. The summed E-state index contributed by atoms with van der Waals surface area (Å²) in [4.78, 5) is 11.3. The number of likely N-dealkylation sites (tertiary alicyclic amines) is 1. The fraction of sp³-hybridized carbons (Fsp3) is 0.429.